The molecule has 0 aromatic heterocycles. The van der Waals surface area contributed by atoms with E-state index in [-0.39, 0.29) is 0 Å². The quantitative estimate of drug-likeness (QED) is 0.745. The lowest BCUT2D eigenvalue weighted by Gasteiger charge is -2.52. The fraction of sp³-hybridized carbons (Fsp3) is 1.00. The van der Waals surface area contributed by atoms with Crippen LogP contribution in [0.3, 0.4) is 0 Å². The van der Waals surface area contributed by atoms with Crippen molar-refractivity contribution in [3.8, 4) is 0 Å². The summed E-state index contributed by atoms with van der Waals surface area (Å²) in [7, 11) is 1.85. The van der Waals surface area contributed by atoms with Gasteiger partial charge in [-0.3, -0.25) is 9.80 Å². The van der Waals surface area contributed by atoms with Gasteiger partial charge in [0.1, 0.15) is 0 Å². The van der Waals surface area contributed by atoms with E-state index in [0.717, 1.165) is 18.6 Å². The molecule has 0 aliphatic carbocycles. The SMILES string of the molecule is CCCC(COC)N1CC2CCCCN2CC1C(C)C. The summed E-state index contributed by atoms with van der Waals surface area (Å²) in [6, 6.07) is 2.12. The summed E-state index contributed by atoms with van der Waals surface area (Å²) in [6.07, 6.45) is 6.74. The van der Waals surface area contributed by atoms with Gasteiger partial charge in [-0.05, 0) is 31.7 Å². The lowest BCUT2D eigenvalue weighted by atomic mass is 9.90. The van der Waals surface area contributed by atoms with Crippen molar-refractivity contribution in [3.05, 3.63) is 0 Å². The second-order valence-electron chi connectivity index (χ2n) is 7.05. The number of ether oxygens (including phenoxy) is 1. The zero-order valence-electron chi connectivity index (χ0n) is 14.0. The molecule has 3 nitrogen and oxygen atoms in total. The van der Waals surface area contributed by atoms with E-state index in [1.54, 1.807) is 0 Å². The summed E-state index contributed by atoms with van der Waals surface area (Å²) in [4.78, 5) is 5.56. The van der Waals surface area contributed by atoms with Crippen LogP contribution in [-0.2, 0) is 4.74 Å². The fourth-order valence-corrected chi connectivity index (χ4v) is 4.12. The summed E-state index contributed by atoms with van der Waals surface area (Å²) in [6.45, 7) is 11.8. The maximum atomic E-state index is 5.52. The lowest BCUT2D eigenvalue weighted by Crippen LogP contribution is -2.63. The molecule has 0 amide bonds. The zero-order chi connectivity index (χ0) is 14.5. The van der Waals surface area contributed by atoms with Gasteiger partial charge in [0.25, 0.3) is 0 Å². The van der Waals surface area contributed by atoms with Crippen LogP contribution in [0.1, 0.15) is 52.9 Å². The second kappa shape index (κ2) is 7.77. The number of rotatable bonds is 6. The van der Waals surface area contributed by atoms with Gasteiger partial charge in [-0.2, -0.15) is 0 Å². The molecule has 2 rings (SSSR count). The summed E-state index contributed by atoms with van der Waals surface area (Å²) in [5, 5.41) is 0. The van der Waals surface area contributed by atoms with Crippen molar-refractivity contribution in [2.24, 2.45) is 5.92 Å². The molecule has 3 heteroatoms. The first-order valence-electron chi connectivity index (χ1n) is 8.66. The number of hydrogen-bond acceptors (Lipinski definition) is 3. The van der Waals surface area contributed by atoms with Crippen molar-refractivity contribution in [3.63, 3.8) is 0 Å². The Bertz CT molecular complexity index is 276. The molecule has 0 spiro atoms. The van der Waals surface area contributed by atoms with E-state index in [0.29, 0.717) is 12.1 Å². The van der Waals surface area contributed by atoms with Crippen LogP contribution in [0.5, 0.6) is 0 Å². The fourth-order valence-electron chi connectivity index (χ4n) is 4.12. The van der Waals surface area contributed by atoms with E-state index in [9.17, 15) is 0 Å². The van der Waals surface area contributed by atoms with Gasteiger partial charge in [0.15, 0.2) is 0 Å². The van der Waals surface area contributed by atoms with Gasteiger partial charge >= 0.3 is 0 Å². The highest BCUT2D eigenvalue weighted by Crippen LogP contribution is 2.29. The van der Waals surface area contributed by atoms with Crippen LogP contribution < -0.4 is 0 Å². The Kier molecular flexibility index (Phi) is 6.31. The van der Waals surface area contributed by atoms with Gasteiger partial charge in [0.2, 0.25) is 0 Å². The monoisotopic (exact) mass is 282 g/mol. The number of hydrogen-bond donors (Lipinski definition) is 0. The van der Waals surface area contributed by atoms with Gasteiger partial charge in [0, 0.05) is 38.3 Å². The Labute approximate surface area is 125 Å². The third-order valence-corrected chi connectivity index (χ3v) is 5.24. The summed E-state index contributed by atoms with van der Waals surface area (Å²) >= 11 is 0. The van der Waals surface area contributed by atoms with Crippen molar-refractivity contribution in [2.45, 2.75) is 71.0 Å². The Balaban J connectivity index is 2.09. The molecule has 0 aromatic carbocycles. The Hall–Kier alpha value is -0.120. The van der Waals surface area contributed by atoms with Crippen molar-refractivity contribution in [1.29, 1.82) is 0 Å². The molecule has 0 aromatic rings. The Morgan fingerprint density at radius 2 is 2.00 bits per heavy atom. The molecule has 0 saturated carbocycles. The largest absolute Gasteiger partial charge is 0.383 e. The number of fused-ring (bicyclic) bond motifs is 1. The van der Waals surface area contributed by atoms with Gasteiger partial charge < -0.3 is 4.74 Å². The van der Waals surface area contributed by atoms with Crippen molar-refractivity contribution < 1.29 is 4.74 Å². The number of piperidine rings is 1. The van der Waals surface area contributed by atoms with E-state index in [1.165, 1.54) is 51.7 Å². The van der Waals surface area contributed by atoms with Crippen LogP contribution in [-0.4, -0.2) is 61.3 Å². The van der Waals surface area contributed by atoms with E-state index >= 15 is 0 Å². The van der Waals surface area contributed by atoms with Crippen LogP contribution in [0.2, 0.25) is 0 Å². The third-order valence-electron chi connectivity index (χ3n) is 5.24. The van der Waals surface area contributed by atoms with Crippen molar-refractivity contribution >= 4 is 0 Å². The van der Waals surface area contributed by atoms with Crippen LogP contribution >= 0.6 is 0 Å². The molecule has 2 heterocycles. The maximum absolute atomic E-state index is 5.52. The summed E-state index contributed by atoms with van der Waals surface area (Å²) in [5.74, 6) is 0.731. The second-order valence-corrected chi connectivity index (χ2v) is 7.05. The highest BCUT2D eigenvalue weighted by molar-refractivity contribution is 4.94. The standard InChI is InChI=1S/C17H34N2O/c1-5-8-16(13-20-4)19-11-15-9-6-7-10-18(15)12-17(19)14(2)3/h14-17H,5-13H2,1-4H3. The van der Waals surface area contributed by atoms with Gasteiger partial charge in [-0.1, -0.05) is 33.6 Å². The van der Waals surface area contributed by atoms with E-state index in [1.807, 2.05) is 7.11 Å². The van der Waals surface area contributed by atoms with Gasteiger partial charge in [0.05, 0.1) is 6.61 Å². The van der Waals surface area contributed by atoms with Crippen LogP contribution in [0.25, 0.3) is 0 Å². The smallest absolute Gasteiger partial charge is 0.0618 e. The highest BCUT2D eigenvalue weighted by Gasteiger charge is 2.38. The minimum Gasteiger partial charge on any atom is -0.383 e. The van der Waals surface area contributed by atoms with Crippen LogP contribution in [0.15, 0.2) is 0 Å². The predicted octanol–water partition coefficient (Wildman–Crippen LogP) is 3.00. The molecular weight excluding hydrogens is 248 g/mol. The minimum atomic E-state index is 0.612. The average Bonchev–Trinajstić information content (AvgIpc) is 2.45. The first kappa shape index (κ1) is 16.3. The molecule has 3 unspecified atom stereocenters. The molecule has 3 atom stereocenters. The predicted molar refractivity (Wildman–Crippen MR) is 85.1 cm³/mol. The number of nitrogens with zero attached hydrogens (tertiary/aromatic N) is 2. The Morgan fingerprint density at radius 3 is 2.65 bits per heavy atom. The summed E-state index contributed by atoms with van der Waals surface area (Å²) in [5.41, 5.74) is 0. The number of methoxy groups -OCH3 is 1. The molecule has 0 radical (unpaired) electrons. The van der Waals surface area contributed by atoms with E-state index in [2.05, 4.69) is 30.6 Å². The van der Waals surface area contributed by atoms with Crippen LogP contribution in [0, 0.1) is 5.92 Å². The maximum Gasteiger partial charge on any atom is 0.0618 e. The molecule has 0 N–H and O–H groups in total. The van der Waals surface area contributed by atoms with Gasteiger partial charge in [-0.25, -0.2) is 0 Å². The topological polar surface area (TPSA) is 15.7 Å². The Morgan fingerprint density at radius 1 is 1.20 bits per heavy atom. The molecule has 0 bridgehead atoms. The van der Waals surface area contributed by atoms with Gasteiger partial charge in [-0.15, -0.1) is 0 Å². The minimum absolute atomic E-state index is 0.612. The molecule has 20 heavy (non-hydrogen) atoms. The van der Waals surface area contributed by atoms with Crippen molar-refractivity contribution in [1.82, 2.24) is 9.80 Å². The zero-order valence-corrected chi connectivity index (χ0v) is 14.0. The average molecular weight is 282 g/mol. The lowest BCUT2D eigenvalue weighted by molar-refractivity contribution is -0.0477. The molecule has 2 fully saturated rings. The normalized spacial score (nSPS) is 30.4. The van der Waals surface area contributed by atoms with E-state index in [4.69, 9.17) is 4.74 Å². The third kappa shape index (κ3) is 3.75. The summed E-state index contributed by atoms with van der Waals surface area (Å²) < 4.78 is 5.52. The molecular formula is C17H34N2O. The first-order chi connectivity index (χ1) is 9.67. The first-order valence-corrected chi connectivity index (χ1v) is 8.66. The number of piperazine rings is 1. The molecule has 118 valence electrons. The van der Waals surface area contributed by atoms with Crippen molar-refractivity contribution in [2.75, 3.05) is 33.4 Å². The highest BCUT2D eigenvalue weighted by atomic mass is 16.5. The molecule has 2 aliphatic heterocycles. The molecule has 2 aliphatic rings. The van der Waals surface area contributed by atoms with E-state index < -0.39 is 0 Å². The molecule has 2 saturated heterocycles. The van der Waals surface area contributed by atoms with Crippen LogP contribution in [0.4, 0.5) is 0 Å².